The highest BCUT2D eigenvalue weighted by Crippen LogP contribution is 2.49. The summed E-state index contributed by atoms with van der Waals surface area (Å²) in [7, 11) is 4.70. The number of nitrogens with two attached hydrogens (primary N) is 1. The van der Waals surface area contributed by atoms with Gasteiger partial charge in [-0.3, -0.25) is 0 Å². The van der Waals surface area contributed by atoms with Gasteiger partial charge >= 0.3 is 0 Å². The van der Waals surface area contributed by atoms with E-state index in [1.165, 1.54) is 0 Å². The van der Waals surface area contributed by atoms with Crippen molar-refractivity contribution in [3.8, 4) is 28.7 Å². The van der Waals surface area contributed by atoms with Crippen LogP contribution in [0.3, 0.4) is 0 Å². The first-order valence-electron chi connectivity index (χ1n) is 7.39. The van der Waals surface area contributed by atoms with Gasteiger partial charge in [-0.05, 0) is 18.2 Å². The van der Waals surface area contributed by atoms with Gasteiger partial charge in [-0.25, -0.2) is 0 Å². The predicted molar refractivity (Wildman–Crippen MR) is 95.9 cm³/mol. The molecule has 0 fully saturated rings. The highest BCUT2D eigenvalue weighted by atomic mass is 32.1. The van der Waals surface area contributed by atoms with E-state index in [4.69, 9.17) is 24.7 Å². The van der Waals surface area contributed by atoms with Crippen LogP contribution in [0, 0.1) is 0 Å². The molecule has 126 valence electrons. The zero-order valence-electron chi connectivity index (χ0n) is 13.8. The van der Waals surface area contributed by atoms with Crippen molar-refractivity contribution in [3.63, 3.8) is 0 Å². The number of benzene rings is 2. The summed E-state index contributed by atoms with van der Waals surface area (Å²) >= 11 is 1.62. The average Bonchev–Trinajstić information content (AvgIpc) is 3.04. The molecule has 0 amide bonds. The number of hydrogen-bond acceptors (Lipinski definition) is 6. The minimum atomic E-state index is 0.286. The van der Waals surface area contributed by atoms with Crippen LogP contribution in [-0.4, -0.2) is 21.3 Å². The molecule has 0 saturated carbocycles. The molecule has 1 aromatic heterocycles. The number of ether oxygens (including phenoxy) is 4. The highest BCUT2D eigenvalue weighted by molar-refractivity contribution is 7.17. The molecule has 0 unspecified atom stereocenters. The Balaban J connectivity index is 2.15. The summed E-state index contributed by atoms with van der Waals surface area (Å²) in [6, 6.07) is 9.88. The first-order chi connectivity index (χ1) is 11.7. The monoisotopic (exact) mass is 345 g/mol. The molecule has 0 spiro atoms. The van der Waals surface area contributed by atoms with Crippen molar-refractivity contribution in [2.24, 2.45) is 5.73 Å². The summed E-state index contributed by atoms with van der Waals surface area (Å²) in [5.41, 5.74) is 6.68. The molecule has 1 heterocycles. The summed E-state index contributed by atoms with van der Waals surface area (Å²) in [5, 5.41) is 3.02. The molecule has 24 heavy (non-hydrogen) atoms. The van der Waals surface area contributed by atoms with Gasteiger partial charge in [0.05, 0.1) is 21.3 Å². The van der Waals surface area contributed by atoms with Gasteiger partial charge in [0.2, 0.25) is 11.5 Å². The number of fused-ring (bicyclic) bond motifs is 1. The fourth-order valence-corrected chi connectivity index (χ4v) is 3.45. The van der Waals surface area contributed by atoms with Crippen molar-refractivity contribution in [2.75, 3.05) is 21.3 Å². The highest BCUT2D eigenvalue weighted by Gasteiger charge is 2.22. The molecule has 0 saturated heterocycles. The topological polar surface area (TPSA) is 62.9 Å². The van der Waals surface area contributed by atoms with E-state index in [2.05, 4.69) is 6.07 Å². The van der Waals surface area contributed by atoms with Gasteiger partial charge in [-0.1, -0.05) is 12.1 Å². The summed E-state index contributed by atoms with van der Waals surface area (Å²) in [6.07, 6.45) is 0. The zero-order chi connectivity index (χ0) is 17.1. The van der Waals surface area contributed by atoms with Crippen LogP contribution in [0.15, 0.2) is 35.7 Å². The molecule has 0 aliphatic rings. The molecule has 2 aromatic carbocycles. The first-order valence-corrected chi connectivity index (χ1v) is 8.27. The van der Waals surface area contributed by atoms with Gasteiger partial charge in [0.25, 0.3) is 0 Å². The van der Waals surface area contributed by atoms with Crippen LogP contribution in [0.1, 0.15) is 5.56 Å². The molecule has 0 aliphatic heterocycles. The van der Waals surface area contributed by atoms with Gasteiger partial charge in [-0.15, -0.1) is 11.3 Å². The smallest absolute Gasteiger partial charge is 0.208 e. The first kappa shape index (κ1) is 16.4. The maximum atomic E-state index is 6.19. The summed E-state index contributed by atoms with van der Waals surface area (Å²) in [4.78, 5) is 0. The number of rotatable bonds is 6. The lowest BCUT2D eigenvalue weighted by molar-refractivity contribution is 0.312. The minimum absolute atomic E-state index is 0.286. The Bertz CT molecular complexity index is 860. The van der Waals surface area contributed by atoms with E-state index >= 15 is 0 Å². The van der Waals surface area contributed by atoms with Crippen LogP contribution in [0.2, 0.25) is 0 Å². The van der Waals surface area contributed by atoms with Crippen LogP contribution in [0.5, 0.6) is 28.7 Å². The van der Waals surface area contributed by atoms with Crippen LogP contribution in [0.25, 0.3) is 10.1 Å². The Hall–Kier alpha value is -2.44. The second kappa shape index (κ2) is 6.98. The maximum Gasteiger partial charge on any atom is 0.208 e. The molecule has 0 bridgehead atoms. The predicted octanol–water partition coefficient (Wildman–Crippen LogP) is 4.18. The van der Waals surface area contributed by atoms with Crippen LogP contribution in [-0.2, 0) is 6.54 Å². The Morgan fingerprint density at radius 2 is 1.67 bits per heavy atom. The normalized spacial score (nSPS) is 10.7. The third-order valence-electron chi connectivity index (χ3n) is 3.74. The SMILES string of the molecule is COc1cc(CN)c(Oc2csc3ccccc23)c(OC)c1OC. The van der Waals surface area contributed by atoms with Crippen LogP contribution < -0.4 is 24.7 Å². The second-order valence-corrected chi connectivity index (χ2v) is 5.95. The average molecular weight is 345 g/mol. The number of thiophene rings is 1. The Labute approximate surface area is 144 Å². The number of methoxy groups -OCH3 is 3. The van der Waals surface area contributed by atoms with Crippen molar-refractivity contribution in [2.45, 2.75) is 6.54 Å². The maximum absolute atomic E-state index is 6.19. The van der Waals surface area contributed by atoms with E-state index < -0.39 is 0 Å². The lowest BCUT2D eigenvalue weighted by atomic mass is 10.1. The molecule has 2 N–H and O–H groups in total. The molecule has 0 atom stereocenters. The van der Waals surface area contributed by atoms with Crippen molar-refractivity contribution < 1.29 is 18.9 Å². The summed E-state index contributed by atoms with van der Waals surface area (Å²) < 4.78 is 23.7. The fourth-order valence-electron chi connectivity index (χ4n) is 2.59. The van der Waals surface area contributed by atoms with Gasteiger partial charge < -0.3 is 24.7 Å². The third-order valence-corrected chi connectivity index (χ3v) is 4.68. The van der Waals surface area contributed by atoms with Gasteiger partial charge in [0.1, 0.15) is 5.75 Å². The molecule has 3 aromatic rings. The lowest BCUT2D eigenvalue weighted by Crippen LogP contribution is -2.04. The number of hydrogen-bond donors (Lipinski definition) is 1. The molecule has 5 nitrogen and oxygen atoms in total. The molecule has 0 aliphatic carbocycles. The van der Waals surface area contributed by atoms with E-state index in [1.54, 1.807) is 32.7 Å². The van der Waals surface area contributed by atoms with E-state index in [9.17, 15) is 0 Å². The standard InChI is InChI=1S/C18H19NO4S/c1-20-13-8-11(9-19)16(18(22-3)17(13)21-2)23-14-10-24-15-7-5-4-6-12(14)15/h4-8,10H,9,19H2,1-3H3. The van der Waals surface area contributed by atoms with Crippen molar-refractivity contribution in [1.29, 1.82) is 0 Å². The van der Waals surface area contributed by atoms with Crippen molar-refractivity contribution >= 4 is 21.4 Å². The van der Waals surface area contributed by atoms with Crippen LogP contribution in [0.4, 0.5) is 0 Å². The third kappa shape index (κ3) is 2.74. The Morgan fingerprint density at radius 3 is 2.33 bits per heavy atom. The molecule has 3 rings (SSSR count). The van der Waals surface area contributed by atoms with E-state index in [0.29, 0.717) is 23.0 Å². The van der Waals surface area contributed by atoms with Crippen molar-refractivity contribution in [3.05, 3.63) is 41.3 Å². The molecular formula is C18H19NO4S. The van der Waals surface area contributed by atoms with Gasteiger partial charge in [0.15, 0.2) is 11.5 Å². The minimum Gasteiger partial charge on any atom is -0.493 e. The summed E-state index contributed by atoms with van der Waals surface area (Å²) in [6.45, 7) is 0.286. The largest absolute Gasteiger partial charge is 0.493 e. The molecule has 6 heteroatoms. The van der Waals surface area contributed by atoms with Gasteiger partial charge in [-0.2, -0.15) is 0 Å². The molecule has 0 radical (unpaired) electrons. The van der Waals surface area contributed by atoms with Crippen molar-refractivity contribution in [1.82, 2.24) is 0 Å². The molecular weight excluding hydrogens is 326 g/mol. The van der Waals surface area contributed by atoms with E-state index in [1.807, 2.05) is 29.6 Å². The van der Waals surface area contributed by atoms with Crippen LogP contribution >= 0.6 is 11.3 Å². The fraction of sp³-hybridized carbons (Fsp3) is 0.222. The quantitative estimate of drug-likeness (QED) is 0.726. The summed E-state index contributed by atoms with van der Waals surface area (Å²) in [5.74, 6) is 2.80. The Kier molecular flexibility index (Phi) is 4.78. The lowest BCUT2D eigenvalue weighted by Gasteiger charge is -2.19. The van der Waals surface area contributed by atoms with E-state index in [-0.39, 0.29) is 6.54 Å². The Morgan fingerprint density at radius 1 is 0.917 bits per heavy atom. The van der Waals surface area contributed by atoms with E-state index in [0.717, 1.165) is 21.4 Å². The second-order valence-electron chi connectivity index (χ2n) is 5.04. The zero-order valence-corrected chi connectivity index (χ0v) is 14.6. The van der Waals surface area contributed by atoms with Gasteiger partial charge in [0, 0.05) is 27.6 Å².